The van der Waals surface area contributed by atoms with Crippen LogP contribution in [0, 0.1) is 6.92 Å². The molecule has 1 heterocycles. The van der Waals surface area contributed by atoms with Gasteiger partial charge >= 0.3 is 12.3 Å². The summed E-state index contributed by atoms with van der Waals surface area (Å²) in [7, 11) is 1.40. The average Bonchev–Trinajstić information content (AvgIpc) is 2.85. The van der Waals surface area contributed by atoms with E-state index in [9.17, 15) is 22.8 Å². The number of nitrogens with one attached hydrogen (secondary N) is 2. The van der Waals surface area contributed by atoms with Gasteiger partial charge in [0.25, 0.3) is 5.91 Å². The SMILES string of the molecule is CCc1cc(OCC(F)(F)F)cc(C)c1C1=C(OC(=O)NC)C(C)NC1=O. The third kappa shape index (κ3) is 4.72. The summed E-state index contributed by atoms with van der Waals surface area (Å²) < 4.78 is 47.3. The minimum Gasteiger partial charge on any atom is -0.484 e. The van der Waals surface area contributed by atoms with Crippen molar-refractivity contribution in [3.63, 3.8) is 0 Å². The van der Waals surface area contributed by atoms with E-state index in [0.717, 1.165) is 0 Å². The van der Waals surface area contributed by atoms with Gasteiger partial charge in [-0.3, -0.25) is 4.79 Å². The molecule has 0 spiro atoms. The Kier molecular flexibility index (Phi) is 6.02. The molecule has 0 bridgehead atoms. The minimum absolute atomic E-state index is 0.0613. The number of hydrogen-bond donors (Lipinski definition) is 2. The predicted molar refractivity (Wildman–Crippen MR) is 92.2 cm³/mol. The van der Waals surface area contributed by atoms with Crippen LogP contribution in [0.25, 0.3) is 5.57 Å². The van der Waals surface area contributed by atoms with Crippen LogP contribution in [-0.2, 0) is 16.0 Å². The lowest BCUT2D eigenvalue weighted by atomic mass is 9.92. The Morgan fingerprint density at radius 3 is 2.56 bits per heavy atom. The molecule has 6 nitrogen and oxygen atoms in total. The Bertz CT molecular complexity index is 788. The van der Waals surface area contributed by atoms with Crippen LogP contribution >= 0.6 is 0 Å². The molecular formula is C18H21F3N2O4. The van der Waals surface area contributed by atoms with Crippen LogP contribution in [0.2, 0.25) is 0 Å². The zero-order chi connectivity index (χ0) is 20.4. The summed E-state index contributed by atoms with van der Waals surface area (Å²) in [6.45, 7) is 3.74. The molecule has 0 saturated heterocycles. The molecule has 0 aromatic heterocycles. The van der Waals surface area contributed by atoms with Crippen molar-refractivity contribution < 1.29 is 32.2 Å². The molecule has 1 unspecified atom stereocenters. The number of alkyl carbamates (subject to hydrolysis) is 1. The molecular weight excluding hydrogens is 365 g/mol. The first kappa shape index (κ1) is 20.6. The summed E-state index contributed by atoms with van der Waals surface area (Å²) in [6, 6.07) is 2.38. The van der Waals surface area contributed by atoms with Gasteiger partial charge in [-0.05, 0) is 49.1 Å². The molecule has 27 heavy (non-hydrogen) atoms. The Balaban J connectivity index is 2.52. The number of benzene rings is 1. The number of halogens is 3. The quantitative estimate of drug-likeness (QED) is 0.815. The Hall–Kier alpha value is -2.71. The number of alkyl halides is 3. The zero-order valence-electron chi connectivity index (χ0n) is 15.4. The summed E-state index contributed by atoms with van der Waals surface area (Å²) in [5.74, 6) is -0.185. The molecule has 0 aliphatic carbocycles. The van der Waals surface area contributed by atoms with Gasteiger partial charge in [0, 0.05) is 7.05 Å². The molecule has 0 fully saturated rings. The van der Waals surface area contributed by atoms with Gasteiger partial charge in [0.1, 0.15) is 11.5 Å². The van der Waals surface area contributed by atoms with Gasteiger partial charge in [0.2, 0.25) is 0 Å². The highest BCUT2D eigenvalue weighted by atomic mass is 19.4. The van der Waals surface area contributed by atoms with Crippen molar-refractivity contribution in [3.05, 3.63) is 34.6 Å². The molecule has 0 saturated carbocycles. The second kappa shape index (κ2) is 7.89. The van der Waals surface area contributed by atoms with Crippen molar-refractivity contribution >= 4 is 17.6 Å². The van der Waals surface area contributed by atoms with E-state index in [4.69, 9.17) is 9.47 Å². The summed E-state index contributed by atoms with van der Waals surface area (Å²) in [6.07, 6.45) is -4.72. The van der Waals surface area contributed by atoms with Crippen molar-refractivity contribution in [1.29, 1.82) is 0 Å². The number of aryl methyl sites for hydroxylation is 2. The first-order valence-electron chi connectivity index (χ1n) is 8.35. The van der Waals surface area contributed by atoms with Crippen LogP contribution in [0.5, 0.6) is 5.75 Å². The average molecular weight is 386 g/mol. The summed E-state index contributed by atoms with van der Waals surface area (Å²) in [5, 5.41) is 5.01. The maximum absolute atomic E-state index is 12.5. The zero-order valence-corrected chi connectivity index (χ0v) is 15.4. The number of hydrogen-bond acceptors (Lipinski definition) is 4. The van der Waals surface area contributed by atoms with Crippen molar-refractivity contribution in [2.75, 3.05) is 13.7 Å². The number of amides is 2. The van der Waals surface area contributed by atoms with Crippen LogP contribution in [0.1, 0.15) is 30.5 Å². The van der Waals surface area contributed by atoms with E-state index >= 15 is 0 Å². The molecule has 1 aromatic carbocycles. The monoisotopic (exact) mass is 386 g/mol. The molecule has 148 valence electrons. The Morgan fingerprint density at radius 2 is 2.00 bits per heavy atom. The lowest BCUT2D eigenvalue weighted by molar-refractivity contribution is -0.153. The molecule has 0 radical (unpaired) electrons. The van der Waals surface area contributed by atoms with Crippen molar-refractivity contribution in [1.82, 2.24) is 10.6 Å². The van der Waals surface area contributed by atoms with Gasteiger partial charge in [0.15, 0.2) is 6.61 Å². The number of carbonyl (C=O) groups excluding carboxylic acids is 2. The largest absolute Gasteiger partial charge is 0.484 e. The second-order valence-corrected chi connectivity index (χ2v) is 6.11. The van der Waals surface area contributed by atoms with Crippen molar-refractivity contribution in [2.24, 2.45) is 0 Å². The number of rotatable bonds is 5. The van der Waals surface area contributed by atoms with E-state index in [1.807, 2.05) is 6.92 Å². The lowest BCUT2D eigenvalue weighted by Gasteiger charge is -2.17. The van der Waals surface area contributed by atoms with Crippen LogP contribution in [-0.4, -0.2) is 37.9 Å². The summed E-state index contributed by atoms with van der Waals surface area (Å²) >= 11 is 0. The van der Waals surface area contributed by atoms with Gasteiger partial charge in [-0.25, -0.2) is 4.79 Å². The summed E-state index contributed by atoms with van der Waals surface area (Å²) in [5.41, 5.74) is 1.88. The Morgan fingerprint density at radius 1 is 1.33 bits per heavy atom. The van der Waals surface area contributed by atoms with E-state index in [1.54, 1.807) is 13.8 Å². The van der Waals surface area contributed by atoms with Crippen LogP contribution in [0.15, 0.2) is 17.9 Å². The van der Waals surface area contributed by atoms with Crippen molar-refractivity contribution in [3.8, 4) is 5.75 Å². The third-order valence-electron chi connectivity index (χ3n) is 4.05. The number of carbonyl (C=O) groups is 2. The maximum atomic E-state index is 12.5. The van der Waals surface area contributed by atoms with E-state index in [0.29, 0.717) is 23.1 Å². The predicted octanol–water partition coefficient (Wildman–Crippen LogP) is 3.08. The Labute approximate surface area is 154 Å². The highest BCUT2D eigenvalue weighted by Gasteiger charge is 2.35. The molecule has 2 amide bonds. The first-order chi connectivity index (χ1) is 12.6. The third-order valence-corrected chi connectivity index (χ3v) is 4.05. The lowest BCUT2D eigenvalue weighted by Crippen LogP contribution is -2.28. The van der Waals surface area contributed by atoms with E-state index in [2.05, 4.69) is 10.6 Å². The molecule has 1 aliphatic heterocycles. The van der Waals surface area contributed by atoms with Gasteiger partial charge in [-0.1, -0.05) is 6.92 Å². The molecule has 1 atom stereocenters. The first-order valence-corrected chi connectivity index (χ1v) is 8.35. The normalized spacial score (nSPS) is 17.0. The highest BCUT2D eigenvalue weighted by molar-refractivity contribution is 6.23. The fraction of sp³-hybridized carbons (Fsp3) is 0.444. The van der Waals surface area contributed by atoms with Crippen molar-refractivity contribution in [2.45, 2.75) is 39.4 Å². The molecule has 2 N–H and O–H groups in total. The smallest absolute Gasteiger partial charge is 0.422 e. The standard InChI is InChI=1S/C18H21F3N2O4/c1-5-11-7-12(26-8-18(19,20)21)6-9(2)13(11)14-15(27-17(25)22-4)10(3)23-16(14)24/h6-7,10H,5,8H2,1-4H3,(H,22,25)(H,23,24). The number of ether oxygens (including phenoxy) is 2. The fourth-order valence-corrected chi connectivity index (χ4v) is 2.90. The van der Waals surface area contributed by atoms with Gasteiger partial charge in [-0.15, -0.1) is 0 Å². The topological polar surface area (TPSA) is 76.7 Å². The van der Waals surface area contributed by atoms with Crippen LogP contribution in [0.4, 0.5) is 18.0 Å². The highest BCUT2D eigenvalue weighted by Crippen LogP contribution is 2.35. The minimum atomic E-state index is -4.45. The molecule has 1 aromatic rings. The van der Waals surface area contributed by atoms with Crippen LogP contribution < -0.4 is 15.4 Å². The second-order valence-electron chi connectivity index (χ2n) is 6.11. The molecule has 9 heteroatoms. The van der Waals surface area contributed by atoms with Crippen LogP contribution in [0.3, 0.4) is 0 Å². The van der Waals surface area contributed by atoms with E-state index in [1.165, 1.54) is 19.2 Å². The molecule has 1 aliphatic rings. The van der Waals surface area contributed by atoms with Gasteiger partial charge < -0.3 is 20.1 Å². The fourth-order valence-electron chi connectivity index (χ4n) is 2.90. The summed E-state index contributed by atoms with van der Waals surface area (Å²) in [4.78, 5) is 24.1. The van der Waals surface area contributed by atoms with Gasteiger partial charge in [-0.2, -0.15) is 13.2 Å². The van der Waals surface area contributed by atoms with Gasteiger partial charge in [0.05, 0.1) is 11.6 Å². The molecule has 2 rings (SSSR count). The maximum Gasteiger partial charge on any atom is 0.422 e. The van der Waals surface area contributed by atoms with E-state index in [-0.39, 0.29) is 17.1 Å². The van der Waals surface area contributed by atoms with E-state index < -0.39 is 30.8 Å².